The highest BCUT2D eigenvalue weighted by atomic mass is 16.5. The van der Waals surface area contributed by atoms with E-state index >= 15 is 0 Å². The third-order valence-corrected chi connectivity index (χ3v) is 4.14. The Balaban J connectivity index is 2.70. The van der Waals surface area contributed by atoms with Crippen LogP contribution in [0.2, 0.25) is 0 Å². The first-order valence-corrected chi connectivity index (χ1v) is 7.92. The van der Waals surface area contributed by atoms with Gasteiger partial charge in [0.2, 0.25) is 5.91 Å². The van der Waals surface area contributed by atoms with E-state index in [1.54, 1.807) is 12.1 Å². The lowest BCUT2D eigenvalue weighted by Gasteiger charge is -2.19. The Morgan fingerprint density at radius 2 is 2.00 bits per heavy atom. The number of hydrogen-bond donors (Lipinski definition) is 4. The molecule has 1 atom stereocenters. The molecule has 0 fully saturated rings. The number of methoxy groups -OCH3 is 2. The van der Waals surface area contributed by atoms with E-state index in [9.17, 15) is 24.6 Å². The van der Waals surface area contributed by atoms with Gasteiger partial charge in [-0.15, -0.1) is 0 Å². The molecular formula is C18H20N2O7. The van der Waals surface area contributed by atoms with Crippen molar-refractivity contribution in [1.82, 2.24) is 4.98 Å². The van der Waals surface area contributed by atoms with Crippen LogP contribution in [-0.2, 0) is 16.1 Å². The number of H-pyrrole nitrogens is 1. The number of pyridine rings is 1. The largest absolute Gasteiger partial charge is 0.506 e. The molecule has 0 aliphatic heterocycles. The Hall–Kier alpha value is -3.33. The number of amides is 1. The molecule has 9 nitrogen and oxygen atoms in total. The summed E-state index contributed by atoms with van der Waals surface area (Å²) in [7, 11) is 2.57. The number of benzene rings is 1. The monoisotopic (exact) mass is 376 g/mol. The number of aliphatic hydroxyl groups excluding tert-OH is 1. The second-order valence-electron chi connectivity index (χ2n) is 5.74. The summed E-state index contributed by atoms with van der Waals surface area (Å²) in [5.74, 6) is -2.71. The fraction of sp³-hybridized carbons (Fsp3) is 0.278. The maximum atomic E-state index is 12.4. The molecule has 2 rings (SSSR count). The highest BCUT2D eigenvalue weighted by Crippen LogP contribution is 2.35. The molecule has 144 valence electrons. The maximum Gasteiger partial charge on any atom is 0.343 e. The SMILES string of the molecule is COC(=O)c1c[nH]c(=O)c(C(CC(N)=O)c2ccc(OC)c(CO)c2)c1O. The number of aromatic amines is 1. The number of nitrogens with one attached hydrogen (secondary N) is 1. The molecule has 1 unspecified atom stereocenters. The number of esters is 1. The fourth-order valence-corrected chi connectivity index (χ4v) is 2.85. The summed E-state index contributed by atoms with van der Waals surface area (Å²) in [6, 6.07) is 4.68. The summed E-state index contributed by atoms with van der Waals surface area (Å²) in [6.45, 7) is -0.342. The van der Waals surface area contributed by atoms with Crippen LogP contribution in [0, 0.1) is 0 Å². The van der Waals surface area contributed by atoms with E-state index in [-0.39, 0.29) is 24.2 Å². The predicted molar refractivity (Wildman–Crippen MR) is 94.6 cm³/mol. The van der Waals surface area contributed by atoms with E-state index in [1.165, 1.54) is 13.2 Å². The highest BCUT2D eigenvalue weighted by Gasteiger charge is 2.27. The van der Waals surface area contributed by atoms with Crippen LogP contribution < -0.4 is 16.0 Å². The van der Waals surface area contributed by atoms with Gasteiger partial charge in [0.15, 0.2) is 0 Å². The van der Waals surface area contributed by atoms with Crippen LogP contribution in [0.5, 0.6) is 11.5 Å². The van der Waals surface area contributed by atoms with Crippen LogP contribution in [-0.4, -0.2) is 41.3 Å². The number of rotatable bonds is 7. The minimum atomic E-state index is -0.952. The molecule has 0 saturated carbocycles. The normalized spacial score (nSPS) is 11.7. The van der Waals surface area contributed by atoms with E-state index in [2.05, 4.69) is 9.72 Å². The van der Waals surface area contributed by atoms with Crippen LogP contribution in [0.1, 0.15) is 39.4 Å². The number of nitrogens with two attached hydrogens (primary N) is 1. The number of carbonyl (C=O) groups is 2. The molecule has 2 aromatic rings. The highest BCUT2D eigenvalue weighted by molar-refractivity contribution is 5.92. The van der Waals surface area contributed by atoms with Gasteiger partial charge in [-0.1, -0.05) is 6.07 Å². The summed E-state index contributed by atoms with van der Waals surface area (Å²) in [5.41, 5.74) is 5.03. The first-order valence-electron chi connectivity index (χ1n) is 7.92. The van der Waals surface area contributed by atoms with E-state index in [4.69, 9.17) is 10.5 Å². The summed E-state index contributed by atoms with van der Waals surface area (Å²) < 4.78 is 9.72. The van der Waals surface area contributed by atoms with Crippen molar-refractivity contribution in [2.75, 3.05) is 14.2 Å². The standard InChI is InChI=1S/C18H20N2O7/c1-26-13-4-3-9(5-10(13)8-21)11(6-14(19)22)15-16(23)12(18(25)27-2)7-20-17(15)24/h3-5,7,11,21H,6,8H2,1-2H3,(H2,19,22)(H2,20,23,24). The quantitative estimate of drug-likeness (QED) is 0.510. The zero-order valence-electron chi connectivity index (χ0n) is 14.8. The second-order valence-corrected chi connectivity index (χ2v) is 5.74. The first kappa shape index (κ1) is 20.0. The summed E-state index contributed by atoms with van der Waals surface area (Å²) >= 11 is 0. The number of aliphatic hydroxyl groups is 1. The van der Waals surface area contributed by atoms with Gasteiger partial charge in [-0.3, -0.25) is 9.59 Å². The van der Waals surface area contributed by atoms with E-state index < -0.39 is 29.1 Å². The molecule has 5 N–H and O–H groups in total. The topological polar surface area (TPSA) is 152 Å². The van der Waals surface area contributed by atoms with Gasteiger partial charge in [-0.2, -0.15) is 0 Å². The Labute approximate surface area is 154 Å². The molecule has 0 spiro atoms. The minimum Gasteiger partial charge on any atom is -0.506 e. The van der Waals surface area contributed by atoms with Crippen molar-refractivity contribution in [3.63, 3.8) is 0 Å². The van der Waals surface area contributed by atoms with Gasteiger partial charge in [0.1, 0.15) is 17.1 Å². The van der Waals surface area contributed by atoms with Crippen molar-refractivity contribution in [1.29, 1.82) is 0 Å². The Morgan fingerprint density at radius 3 is 2.56 bits per heavy atom. The third-order valence-electron chi connectivity index (χ3n) is 4.14. The van der Waals surface area contributed by atoms with Crippen LogP contribution >= 0.6 is 0 Å². The lowest BCUT2D eigenvalue weighted by atomic mass is 9.86. The molecule has 0 radical (unpaired) electrons. The molecule has 1 aromatic carbocycles. The molecule has 0 bridgehead atoms. The molecule has 27 heavy (non-hydrogen) atoms. The number of ether oxygens (including phenoxy) is 2. The number of carbonyl (C=O) groups excluding carboxylic acids is 2. The molecule has 0 saturated heterocycles. The summed E-state index contributed by atoms with van der Waals surface area (Å²) in [6.07, 6.45) is 0.722. The van der Waals surface area contributed by atoms with Crippen molar-refractivity contribution in [2.24, 2.45) is 5.73 Å². The lowest BCUT2D eigenvalue weighted by molar-refractivity contribution is -0.118. The lowest BCUT2D eigenvalue weighted by Crippen LogP contribution is -2.24. The minimum absolute atomic E-state index is 0.203. The number of hydrogen-bond acceptors (Lipinski definition) is 7. The van der Waals surface area contributed by atoms with Crippen molar-refractivity contribution in [3.8, 4) is 11.5 Å². The van der Waals surface area contributed by atoms with Gasteiger partial charge in [-0.25, -0.2) is 4.79 Å². The van der Waals surface area contributed by atoms with Crippen molar-refractivity contribution in [3.05, 3.63) is 57.0 Å². The summed E-state index contributed by atoms with van der Waals surface area (Å²) in [5, 5.41) is 20.0. The average Bonchev–Trinajstić information content (AvgIpc) is 2.65. The van der Waals surface area contributed by atoms with Gasteiger partial charge in [-0.05, 0) is 17.7 Å². The molecule has 0 aliphatic rings. The Bertz CT molecular complexity index is 920. The van der Waals surface area contributed by atoms with Gasteiger partial charge in [0, 0.05) is 24.1 Å². The molecule has 9 heteroatoms. The smallest absolute Gasteiger partial charge is 0.343 e. The second kappa shape index (κ2) is 8.37. The molecule has 1 aromatic heterocycles. The van der Waals surface area contributed by atoms with Gasteiger partial charge in [0.25, 0.3) is 5.56 Å². The summed E-state index contributed by atoms with van der Waals surface area (Å²) in [4.78, 5) is 38.2. The number of aromatic hydroxyl groups is 1. The van der Waals surface area contributed by atoms with Gasteiger partial charge < -0.3 is 30.4 Å². The predicted octanol–water partition coefficient (Wildman–Crippen LogP) is 0.375. The zero-order valence-corrected chi connectivity index (χ0v) is 14.8. The Kier molecular flexibility index (Phi) is 6.19. The van der Waals surface area contributed by atoms with Crippen molar-refractivity contribution >= 4 is 11.9 Å². The third kappa shape index (κ3) is 4.09. The van der Waals surface area contributed by atoms with Crippen LogP contribution in [0.15, 0.2) is 29.2 Å². The van der Waals surface area contributed by atoms with E-state index in [0.29, 0.717) is 16.9 Å². The maximum absolute atomic E-state index is 12.4. The first-order chi connectivity index (χ1) is 12.8. The van der Waals surface area contributed by atoms with E-state index in [1.807, 2.05) is 0 Å². The average molecular weight is 376 g/mol. The van der Waals surface area contributed by atoms with Crippen LogP contribution in [0.4, 0.5) is 0 Å². The van der Waals surface area contributed by atoms with Crippen LogP contribution in [0.3, 0.4) is 0 Å². The number of primary amides is 1. The molecule has 0 aliphatic carbocycles. The molecule has 1 amide bonds. The zero-order chi connectivity index (χ0) is 20.1. The molecule has 1 heterocycles. The van der Waals surface area contributed by atoms with Gasteiger partial charge in [0.05, 0.1) is 26.4 Å². The van der Waals surface area contributed by atoms with E-state index in [0.717, 1.165) is 13.3 Å². The number of aromatic nitrogens is 1. The molecular weight excluding hydrogens is 356 g/mol. The van der Waals surface area contributed by atoms with Gasteiger partial charge >= 0.3 is 5.97 Å². The van der Waals surface area contributed by atoms with Crippen molar-refractivity contribution in [2.45, 2.75) is 18.9 Å². The Morgan fingerprint density at radius 1 is 1.30 bits per heavy atom. The van der Waals surface area contributed by atoms with Crippen molar-refractivity contribution < 1.29 is 29.3 Å². The fourth-order valence-electron chi connectivity index (χ4n) is 2.85. The van der Waals surface area contributed by atoms with Crippen LogP contribution in [0.25, 0.3) is 0 Å².